The van der Waals surface area contributed by atoms with Gasteiger partial charge in [-0.1, -0.05) is 0 Å². The van der Waals surface area contributed by atoms with Crippen molar-refractivity contribution in [3.8, 4) is 17.7 Å². The van der Waals surface area contributed by atoms with Crippen LogP contribution in [0.2, 0.25) is 0 Å². The van der Waals surface area contributed by atoms with E-state index < -0.39 is 5.82 Å². The first kappa shape index (κ1) is 12.8. The molecule has 0 unspecified atom stereocenters. The molecule has 4 nitrogen and oxygen atoms in total. The lowest BCUT2D eigenvalue weighted by Crippen LogP contribution is -2.00. The van der Waals surface area contributed by atoms with Gasteiger partial charge in [0.05, 0.1) is 18.2 Å². The quantitative estimate of drug-likeness (QED) is 0.846. The third kappa shape index (κ3) is 2.99. The summed E-state index contributed by atoms with van der Waals surface area (Å²) in [5.41, 5.74) is 0.751. The van der Waals surface area contributed by atoms with Crippen LogP contribution < -0.4 is 9.47 Å². The highest BCUT2D eigenvalue weighted by Crippen LogP contribution is 2.20. The van der Waals surface area contributed by atoms with Gasteiger partial charge in [0.2, 0.25) is 5.88 Å². The minimum absolute atomic E-state index is 0.00805. The van der Waals surface area contributed by atoms with Crippen LogP contribution in [0.4, 0.5) is 4.39 Å². The van der Waals surface area contributed by atoms with E-state index in [2.05, 4.69) is 4.98 Å². The first-order valence-corrected chi connectivity index (χ1v) is 5.55. The van der Waals surface area contributed by atoms with Crippen LogP contribution in [0.1, 0.15) is 11.1 Å². The van der Waals surface area contributed by atoms with E-state index >= 15 is 0 Å². The highest BCUT2D eigenvalue weighted by Gasteiger charge is 2.06. The molecule has 0 radical (unpaired) electrons. The zero-order valence-corrected chi connectivity index (χ0v) is 10.3. The van der Waals surface area contributed by atoms with Crippen LogP contribution in [0, 0.1) is 17.1 Å². The third-order valence-electron chi connectivity index (χ3n) is 2.50. The summed E-state index contributed by atoms with van der Waals surface area (Å²) in [4.78, 5) is 4.04. The van der Waals surface area contributed by atoms with Crippen LogP contribution in [0.5, 0.6) is 11.6 Å². The molecule has 2 aromatic rings. The molecule has 0 aliphatic heterocycles. The van der Waals surface area contributed by atoms with Gasteiger partial charge in [0, 0.05) is 12.3 Å². The molecule has 2 rings (SSSR count). The summed E-state index contributed by atoms with van der Waals surface area (Å²) < 4.78 is 23.9. The number of aromatic nitrogens is 1. The standard InChI is InChI=1S/C14H11FN2O2/c1-18-14-11(3-2-6-17-14)9-19-12-5-4-10(8-16)13(15)7-12/h2-7H,9H2,1H3. The maximum atomic E-state index is 13.4. The van der Waals surface area contributed by atoms with Crippen molar-refractivity contribution in [2.24, 2.45) is 0 Å². The van der Waals surface area contributed by atoms with Gasteiger partial charge in [-0.2, -0.15) is 5.26 Å². The van der Waals surface area contributed by atoms with Crippen molar-refractivity contribution >= 4 is 0 Å². The molecule has 0 N–H and O–H groups in total. The summed E-state index contributed by atoms with van der Waals surface area (Å²) in [5, 5.41) is 8.63. The van der Waals surface area contributed by atoms with Crippen LogP contribution in [0.3, 0.4) is 0 Å². The molecule has 19 heavy (non-hydrogen) atoms. The van der Waals surface area contributed by atoms with Gasteiger partial charge in [0.25, 0.3) is 0 Å². The van der Waals surface area contributed by atoms with Gasteiger partial charge in [-0.3, -0.25) is 0 Å². The number of benzene rings is 1. The Morgan fingerprint density at radius 1 is 1.37 bits per heavy atom. The zero-order chi connectivity index (χ0) is 13.7. The van der Waals surface area contributed by atoms with Crippen molar-refractivity contribution in [3.05, 3.63) is 53.5 Å². The van der Waals surface area contributed by atoms with E-state index in [1.807, 2.05) is 6.07 Å². The highest BCUT2D eigenvalue weighted by molar-refractivity contribution is 5.36. The molecule has 1 aromatic carbocycles. The molecule has 0 fully saturated rings. The van der Waals surface area contributed by atoms with Crippen molar-refractivity contribution in [1.29, 1.82) is 5.26 Å². The van der Waals surface area contributed by atoms with Crippen LogP contribution in [0.15, 0.2) is 36.5 Å². The number of nitriles is 1. The van der Waals surface area contributed by atoms with Gasteiger partial charge in [0.15, 0.2) is 0 Å². The fourth-order valence-corrected chi connectivity index (χ4v) is 1.56. The topological polar surface area (TPSA) is 55.1 Å². The van der Waals surface area contributed by atoms with Crippen LogP contribution in [0.25, 0.3) is 0 Å². The lowest BCUT2D eigenvalue weighted by Gasteiger charge is -2.09. The lowest BCUT2D eigenvalue weighted by molar-refractivity contribution is 0.292. The Hall–Kier alpha value is -2.61. The molecule has 0 atom stereocenters. The summed E-state index contributed by atoms with van der Waals surface area (Å²) >= 11 is 0. The summed E-state index contributed by atoms with van der Waals surface area (Å²) in [7, 11) is 1.52. The van der Waals surface area contributed by atoms with Crippen molar-refractivity contribution in [3.63, 3.8) is 0 Å². The van der Waals surface area contributed by atoms with Gasteiger partial charge in [-0.15, -0.1) is 0 Å². The number of methoxy groups -OCH3 is 1. The minimum Gasteiger partial charge on any atom is -0.489 e. The number of hydrogen-bond donors (Lipinski definition) is 0. The van der Waals surface area contributed by atoms with Gasteiger partial charge in [-0.05, 0) is 24.3 Å². The summed E-state index contributed by atoms with van der Waals surface area (Å²) in [6.45, 7) is 0.211. The Labute approximate surface area is 110 Å². The monoisotopic (exact) mass is 258 g/mol. The normalized spacial score (nSPS) is 9.74. The molecular weight excluding hydrogens is 247 g/mol. The number of halogens is 1. The predicted octanol–water partition coefficient (Wildman–Crippen LogP) is 2.68. The van der Waals surface area contributed by atoms with E-state index in [9.17, 15) is 4.39 Å². The van der Waals surface area contributed by atoms with Gasteiger partial charge >= 0.3 is 0 Å². The van der Waals surface area contributed by atoms with E-state index in [1.165, 1.54) is 19.2 Å². The van der Waals surface area contributed by atoms with E-state index in [1.54, 1.807) is 24.4 Å². The number of rotatable bonds is 4. The maximum absolute atomic E-state index is 13.4. The molecule has 0 saturated carbocycles. The highest BCUT2D eigenvalue weighted by atomic mass is 19.1. The smallest absolute Gasteiger partial charge is 0.219 e. The first-order valence-electron chi connectivity index (χ1n) is 5.55. The summed E-state index contributed by atoms with van der Waals surface area (Å²) in [6.07, 6.45) is 1.61. The van der Waals surface area contributed by atoms with Gasteiger partial charge < -0.3 is 9.47 Å². The molecule has 0 saturated heterocycles. The van der Waals surface area contributed by atoms with E-state index in [4.69, 9.17) is 14.7 Å². The Balaban J connectivity index is 2.11. The lowest BCUT2D eigenvalue weighted by atomic mass is 10.2. The largest absolute Gasteiger partial charge is 0.489 e. The molecular formula is C14H11FN2O2. The Morgan fingerprint density at radius 3 is 2.89 bits per heavy atom. The molecule has 0 aliphatic carbocycles. The fraction of sp³-hybridized carbons (Fsp3) is 0.143. The number of hydrogen-bond acceptors (Lipinski definition) is 4. The summed E-state index contributed by atoms with van der Waals surface area (Å²) in [6, 6.07) is 9.44. The molecule has 1 aromatic heterocycles. The molecule has 0 bridgehead atoms. The SMILES string of the molecule is COc1ncccc1COc1ccc(C#N)c(F)c1. The maximum Gasteiger partial charge on any atom is 0.219 e. The van der Waals surface area contributed by atoms with E-state index in [0.29, 0.717) is 11.6 Å². The predicted molar refractivity (Wildman–Crippen MR) is 66.2 cm³/mol. The average Bonchev–Trinajstić information content (AvgIpc) is 2.45. The molecule has 0 aliphatic rings. The van der Waals surface area contributed by atoms with Crippen LogP contribution in [-0.4, -0.2) is 12.1 Å². The number of ether oxygens (including phenoxy) is 2. The second-order valence-corrected chi connectivity index (χ2v) is 3.71. The number of nitrogens with zero attached hydrogens (tertiary/aromatic N) is 2. The molecule has 1 heterocycles. The Kier molecular flexibility index (Phi) is 3.94. The van der Waals surface area contributed by atoms with Crippen LogP contribution in [-0.2, 0) is 6.61 Å². The summed E-state index contributed by atoms with van der Waals surface area (Å²) in [5.74, 6) is 0.220. The van der Waals surface area contributed by atoms with Crippen molar-refractivity contribution in [2.75, 3.05) is 7.11 Å². The molecule has 0 spiro atoms. The first-order chi connectivity index (χ1) is 9.24. The van der Waals surface area contributed by atoms with Crippen molar-refractivity contribution in [2.45, 2.75) is 6.61 Å². The van der Waals surface area contributed by atoms with Gasteiger partial charge in [0.1, 0.15) is 24.2 Å². The molecule has 96 valence electrons. The van der Waals surface area contributed by atoms with Crippen LogP contribution >= 0.6 is 0 Å². The molecule has 5 heteroatoms. The Bertz CT molecular complexity index is 623. The van der Waals surface area contributed by atoms with Gasteiger partial charge in [-0.25, -0.2) is 9.37 Å². The fourth-order valence-electron chi connectivity index (χ4n) is 1.56. The Morgan fingerprint density at radius 2 is 2.21 bits per heavy atom. The zero-order valence-electron chi connectivity index (χ0n) is 10.3. The average molecular weight is 258 g/mol. The number of pyridine rings is 1. The molecule has 0 amide bonds. The van der Waals surface area contributed by atoms with Crippen molar-refractivity contribution < 1.29 is 13.9 Å². The third-order valence-corrected chi connectivity index (χ3v) is 2.50. The van der Waals surface area contributed by atoms with Crippen molar-refractivity contribution in [1.82, 2.24) is 4.98 Å². The van der Waals surface area contributed by atoms with E-state index in [0.717, 1.165) is 5.56 Å². The second kappa shape index (κ2) is 5.83. The van der Waals surface area contributed by atoms with E-state index in [-0.39, 0.29) is 12.2 Å². The minimum atomic E-state index is -0.599. The second-order valence-electron chi connectivity index (χ2n) is 3.71.